The second-order valence-electron chi connectivity index (χ2n) is 2.35. The van der Waals surface area contributed by atoms with E-state index in [1.54, 1.807) is 0 Å². The van der Waals surface area contributed by atoms with Gasteiger partial charge < -0.3 is 5.11 Å². The molecule has 0 bridgehead atoms. The van der Waals surface area contributed by atoms with Crippen LogP contribution in [0.4, 0.5) is 8.78 Å². The molecule has 0 fully saturated rings. The van der Waals surface area contributed by atoms with Gasteiger partial charge in [-0.2, -0.15) is 5.10 Å². The number of hydrogen-bond donors (Lipinski definition) is 1. The molecule has 2 aromatic rings. The number of aliphatic hydroxyl groups is 1. The molecule has 4 nitrogen and oxygen atoms in total. The molecule has 0 saturated carbocycles. The van der Waals surface area contributed by atoms with Crippen LogP contribution in [0.25, 0.3) is 4.96 Å². The number of imidazole rings is 1. The zero-order chi connectivity index (χ0) is 9.42. The number of nitrogens with zero attached hydrogens (tertiary/aromatic N) is 3. The van der Waals surface area contributed by atoms with E-state index in [2.05, 4.69) is 10.1 Å². The standard InChI is InChI=1S/C6H5F2N3OS/c7-5(8)3-1-11-6(9-3)13-4(2-12)10-11/h1,5,12H,2H2. The predicted molar refractivity (Wildman–Crippen MR) is 41.7 cm³/mol. The molecule has 0 unspecified atom stereocenters. The van der Waals surface area contributed by atoms with E-state index in [0.717, 1.165) is 17.5 Å². The minimum absolute atomic E-state index is 0.196. The van der Waals surface area contributed by atoms with Crippen molar-refractivity contribution in [1.29, 1.82) is 0 Å². The molecule has 2 rings (SSSR count). The van der Waals surface area contributed by atoms with E-state index in [1.165, 1.54) is 4.52 Å². The molecular formula is C6H5F2N3OS. The Hall–Kier alpha value is -1.08. The Bertz CT molecular complexity index is 393. The third kappa shape index (κ3) is 1.40. The lowest BCUT2D eigenvalue weighted by molar-refractivity contribution is 0.146. The first-order chi connectivity index (χ1) is 6.20. The Balaban J connectivity index is 2.48. The first kappa shape index (κ1) is 8.52. The van der Waals surface area contributed by atoms with Crippen LogP contribution in [0.15, 0.2) is 6.20 Å². The summed E-state index contributed by atoms with van der Waals surface area (Å²) in [7, 11) is 0. The van der Waals surface area contributed by atoms with Crippen LogP contribution >= 0.6 is 11.3 Å². The molecule has 2 heterocycles. The van der Waals surface area contributed by atoms with Gasteiger partial charge in [0.25, 0.3) is 6.43 Å². The van der Waals surface area contributed by atoms with Crippen LogP contribution in [0.5, 0.6) is 0 Å². The molecule has 0 aliphatic carbocycles. The minimum atomic E-state index is -2.58. The number of halogens is 2. The average Bonchev–Trinajstić information content (AvgIpc) is 2.58. The summed E-state index contributed by atoms with van der Waals surface area (Å²) in [6.45, 7) is -0.196. The largest absolute Gasteiger partial charge is 0.389 e. The second kappa shape index (κ2) is 3.00. The number of alkyl halides is 2. The quantitative estimate of drug-likeness (QED) is 0.801. The van der Waals surface area contributed by atoms with Crippen LogP contribution in [0.3, 0.4) is 0 Å². The van der Waals surface area contributed by atoms with Gasteiger partial charge in [-0.15, -0.1) is 0 Å². The molecule has 70 valence electrons. The normalized spacial score (nSPS) is 11.7. The lowest BCUT2D eigenvalue weighted by Crippen LogP contribution is -1.86. The van der Waals surface area contributed by atoms with Crippen molar-refractivity contribution in [1.82, 2.24) is 14.6 Å². The SMILES string of the molecule is OCc1nn2cc(C(F)F)nc2s1. The highest BCUT2D eigenvalue weighted by Gasteiger charge is 2.14. The Morgan fingerprint density at radius 2 is 2.38 bits per heavy atom. The maximum absolute atomic E-state index is 12.1. The lowest BCUT2D eigenvalue weighted by atomic mass is 10.5. The highest BCUT2D eigenvalue weighted by Crippen LogP contribution is 2.21. The molecule has 0 aliphatic heterocycles. The monoisotopic (exact) mass is 205 g/mol. The highest BCUT2D eigenvalue weighted by atomic mass is 32.1. The van der Waals surface area contributed by atoms with Gasteiger partial charge in [0.05, 0.1) is 12.8 Å². The number of rotatable bonds is 2. The highest BCUT2D eigenvalue weighted by molar-refractivity contribution is 7.16. The van der Waals surface area contributed by atoms with E-state index in [1.807, 2.05) is 0 Å². The summed E-state index contributed by atoms with van der Waals surface area (Å²) < 4.78 is 25.5. The van der Waals surface area contributed by atoms with Crippen molar-refractivity contribution >= 4 is 16.3 Å². The molecule has 1 N–H and O–H groups in total. The van der Waals surface area contributed by atoms with Crippen molar-refractivity contribution in [3.8, 4) is 0 Å². The Labute approximate surface area is 75.5 Å². The first-order valence-corrected chi connectivity index (χ1v) is 4.26. The van der Waals surface area contributed by atoms with E-state index >= 15 is 0 Å². The summed E-state index contributed by atoms with van der Waals surface area (Å²) in [4.78, 5) is 4.01. The molecule has 13 heavy (non-hydrogen) atoms. The van der Waals surface area contributed by atoms with Gasteiger partial charge in [-0.3, -0.25) is 0 Å². The fraction of sp³-hybridized carbons (Fsp3) is 0.333. The molecule has 0 radical (unpaired) electrons. The number of hydrogen-bond acceptors (Lipinski definition) is 4. The third-order valence-corrected chi connectivity index (χ3v) is 2.37. The van der Waals surface area contributed by atoms with Crippen molar-refractivity contribution in [3.05, 3.63) is 16.9 Å². The molecule has 0 amide bonds. The number of aromatic nitrogens is 3. The second-order valence-corrected chi connectivity index (χ2v) is 3.39. The van der Waals surface area contributed by atoms with Gasteiger partial charge in [-0.1, -0.05) is 11.3 Å². The van der Waals surface area contributed by atoms with Crippen LogP contribution in [0.2, 0.25) is 0 Å². The van der Waals surface area contributed by atoms with Crippen LogP contribution in [-0.4, -0.2) is 19.7 Å². The summed E-state index contributed by atoms with van der Waals surface area (Å²) in [5, 5.41) is 13.0. The van der Waals surface area contributed by atoms with Crippen molar-refractivity contribution in [2.45, 2.75) is 13.0 Å². The maximum atomic E-state index is 12.1. The zero-order valence-electron chi connectivity index (χ0n) is 6.31. The molecule has 2 aromatic heterocycles. The Morgan fingerprint density at radius 3 is 2.92 bits per heavy atom. The van der Waals surface area contributed by atoms with Crippen molar-refractivity contribution in [2.24, 2.45) is 0 Å². The predicted octanol–water partition coefficient (Wildman–Crippen LogP) is 1.22. The third-order valence-electron chi connectivity index (χ3n) is 1.46. The first-order valence-electron chi connectivity index (χ1n) is 3.44. The fourth-order valence-electron chi connectivity index (χ4n) is 0.927. The van der Waals surface area contributed by atoms with Crippen molar-refractivity contribution in [3.63, 3.8) is 0 Å². The maximum Gasteiger partial charge on any atom is 0.282 e. The lowest BCUT2D eigenvalue weighted by Gasteiger charge is -1.87. The summed E-state index contributed by atoms with van der Waals surface area (Å²) in [5.74, 6) is 0. The van der Waals surface area contributed by atoms with Gasteiger partial charge in [0.1, 0.15) is 10.7 Å². The van der Waals surface area contributed by atoms with Gasteiger partial charge in [0, 0.05) is 0 Å². The van der Waals surface area contributed by atoms with Crippen molar-refractivity contribution in [2.75, 3.05) is 0 Å². The Kier molecular flexibility index (Phi) is 1.97. The number of aliphatic hydroxyl groups excluding tert-OH is 1. The molecular weight excluding hydrogens is 200 g/mol. The molecule has 0 atom stereocenters. The van der Waals surface area contributed by atoms with Gasteiger partial charge in [0.15, 0.2) is 0 Å². The zero-order valence-corrected chi connectivity index (χ0v) is 7.13. The minimum Gasteiger partial charge on any atom is -0.389 e. The van der Waals surface area contributed by atoms with E-state index < -0.39 is 6.43 Å². The van der Waals surface area contributed by atoms with Gasteiger partial charge in [0.2, 0.25) is 4.96 Å². The summed E-state index contributed by atoms with van der Waals surface area (Å²) in [6.07, 6.45) is -1.41. The fourth-order valence-corrected chi connectivity index (χ4v) is 1.67. The molecule has 0 saturated heterocycles. The van der Waals surface area contributed by atoms with E-state index in [4.69, 9.17) is 5.11 Å². The van der Waals surface area contributed by atoms with Gasteiger partial charge in [-0.05, 0) is 0 Å². The van der Waals surface area contributed by atoms with E-state index in [9.17, 15) is 8.78 Å². The number of fused-ring (bicyclic) bond motifs is 1. The topological polar surface area (TPSA) is 50.4 Å². The molecule has 0 aromatic carbocycles. The molecule has 7 heteroatoms. The van der Waals surface area contributed by atoms with Crippen LogP contribution in [0.1, 0.15) is 17.1 Å². The smallest absolute Gasteiger partial charge is 0.282 e. The molecule has 0 spiro atoms. The van der Waals surface area contributed by atoms with Crippen molar-refractivity contribution < 1.29 is 13.9 Å². The van der Waals surface area contributed by atoms with Crippen LogP contribution in [-0.2, 0) is 6.61 Å². The Morgan fingerprint density at radius 1 is 1.62 bits per heavy atom. The van der Waals surface area contributed by atoms with E-state index in [-0.39, 0.29) is 12.3 Å². The van der Waals surface area contributed by atoms with Gasteiger partial charge in [-0.25, -0.2) is 18.3 Å². The van der Waals surface area contributed by atoms with Crippen LogP contribution in [0, 0.1) is 0 Å². The molecule has 0 aliphatic rings. The van der Waals surface area contributed by atoms with E-state index in [0.29, 0.717) is 9.97 Å². The average molecular weight is 205 g/mol. The summed E-state index contributed by atoms with van der Waals surface area (Å²) in [6, 6.07) is 0. The summed E-state index contributed by atoms with van der Waals surface area (Å²) >= 11 is 1.09. The van der Waals surface area contributed by atoms with Crippen LogP contribution < -0.4 is 0 Å². The summed E-state index contributed by atoms with van der Waals surface area (Å²) in [5.41, 5.74) is -0.289. The van der Waals surface area contributed by atoms with Gasteiger partial charge >= 0.3 is 0 Å².